The highest BCUT2D eigenvalue weighted by Gasteiger charge is 2.26. The van der Waals surface area contributed by atoms with Crippen molar-refractivity contribution >= 4 is 11.9 Å². The summed E-state index contributed by atoms with van der Waals surface area (Å²) in [6.45, 7) is 3.56. The number of hydrogen-bond acceptors (Lipinski definition) is 3. The van der Waals surface area contributed by atoms with Gasteiger partial charge in [0.1, 0.15) is 6.04 Å². The molecule has 0 radical (unpaired) electrons. The third-order valence-corrected chi connectivity index (χ3v) is 3.18. The fourth-order valence-corrected chi connectivity index (χ4v) is 1.72. The summed E-state index contributed by atoms with van der Waals surface area (Å²) in [6, 6.07) is 2.72. The molecule has 1 aromatic carbocycles. The molecule has 0 unspecified atom stereocenters. The van der Waals surface area contributed by atoms with E-state index in [4.69, 9.17) is 9.84 Å². The number of carboxylic acids is 1. The predicted octanol–water partition coefficient (Wildman–Crippen LogP) is 2.06. The number of ether oxygens (including phenoxy) is 1. The van der Waals surface area contributed by atoms with E-state index in [9.17, 15) is 14.0 Å². The van der Waals surface area contributed by atoms with E-state index in [0.717, 1.165) is 6.07 Å². The zero-order valence-corrected chi connectivity index (χ0v) is 11.6. The van der Waals surface area contributed by atoms with Gasteiger partial charge in [0.05, 0.1) is 7.11 Å². The van der Waals surface area contributed by atoms with Crippen molar-refractivity contribution in [3.8, 4) is 5.75 Å². The molecule has 20 heavy (non-hydrogen) atoms. The van der Waals surface area contributed by atoms with E-state index in [0.29, 0.717) is 6.42 Å². The number of halogens is 1. The van der Waals surface area contributed by atoms with Gasteiger partial charge in [-0.2, -0.15) is 0 Å². The highest BCUT2D eigenvalue weighted by molar-refractivity contribution is 5.96. The van der Waals surface area contributed by atoms with Crippen LogP contribution in [-0.2, 0) is 4.79 Å². The summed E-state index contributed by atoms with van der Waals surface area (Å²) in [5.41, 5.74) is 0.0536. The lowest BCUT2D eigenvalue weighted by Gasteiger charge is -2.20. The molecule has 0 saturated carbocycles. The van der Waals surface area contributed by atoms with Crippen LogP contribution >= 0.6 is 0 Å². The molecule has 0 heterocycles. The number of methoxy groups -OCH3 is 1. The largest absolute Gasteiger partial charge is 0.494 e. The molecule has 2 atom stereocenters. The second kappa shape index (κ2) is 6.88. The Morgan fingerprint density at radius 2 is 2.10 bits per heavy atom. The van der Waals surface area contributed by atoms with Gasteiger partial charge in [-0.25, -0.2) is 9.18 Å². The standard InChI is InChI=1S/C14H18FNO4/c1-4-8(2)12(14(18)19)16-13(17)9-5-6-11(20-3)10(15)7-9/h5-8,12H,4H2,1-3H3,(H,16,17)(H,18,19)/t8-,12-/m0/s1. The molecule has 2 N–H and O–H groups in total. The number of carbonyl (C=O) groups excluding carboxylic acids is 1. The van der Waals surface area contributed by atoms with Gasteiger partial charge in [-0.05, 0) is 24.1 Å². The lowest BCUT2D eigenvalue weighted by atomic mass is 9.99. The van der Waals surface area contributed by atoms with Gasteiger partial charge in [0.25, 0.3) is 5.91 Å². The predicted molar refractivity (Wildman–Crippen MR) is 71.3 cm³/mol. The topological polar surface area (TPSA) is 75.6 Å². The lowest BCUT2D eigenvalue weighted by Crippen LogP contribution is -2.45. The Kier molecular flexibility index (Phi) is 5.49. The van der Waals surface area contributed by atoms with Crippen LogP contribution in [0.5, 0.6) is 5.75 Å². The van der Waals surface area contributed by atoms with Crippen LogP contribution < -0.4 is 10.1 Å². The molecule has 0 saturated heterocycles. The summed E-state index contributed by atoms with van der Waals surface area (Å²) in [6.07, 6.45) is 0.605. The minimum atomic E-state index is -1.11. The Morgan fingerprint density at radius 1 is 1.45 bits per heavy atom. The number of carbonyl (C=O) groups is 2. The Hall–Kier alpha value is -2.11. The smallest absolute Gasteiger partial charge is 0.326 e. The summed E-state index contributed by atoms with van der Waals surface area (Å²) in [4.78, 5) is 23.1. The minimum Gasteiger partial charge on any atom is -0.494 e. The second-order valence-corrected chi connectivity index (χ2v) is 4.52. The number of amides is 1. The van der Waals surface area contributed by atoms with Crippen LogP contribution in [0.25, 0.3) is 0 Å². The molecule has 6 heteroatoms. The molecule has 0 bridgehead atoms. The van der Waals surface area contributed by atoms with Gasteiger partial charge in [0, 0.05) is 5.56 Å². The minimum absolute atomic E-state index is 0.0262. The molecule has 0 fully saturated rings. The molecule has 0 aliphatic heterocycles. The van der Waals surface area contributed by atoms with Crippen LogP contribution in [0.1, 0.15) is 30.6 Å². The van der Waals surface area contributed by atoms with Gasteiger partial charge in [-0.1, -0.05) is 20.3 Å². The molecule has 0 spiro atoms. The number of carboxylic acid groups (broad SMARTS) is 1. The Bertz CT molecular complexity index is 504. The second-order valence-electron chi connectivity index (χ2n) is 4.52. The molecule has 5 nitrogen and oxygen atoms in total. The highest BCUT2D eigenvalue weighted by Crippen LogP contribution is 2.18. The summed E-state index contributed by atoms with van der Waals surface area (Å²) in [5, 5.41) is 11.5. The van der Waals surface area contributed by atoms with E-state index >= 15 is 0 Å². The quantitative estimate of drug-likeness (QED) is 0.838. The molecular weight excluding hydrogens is 265 g/mol. The van der Waals surface area contributed by atoms with Crippen LogP contribution in [-0.4, -0.2) is 30.1 Å². The number of rotatable bonds is 6. The fourth-order valence-electron chi connectivity index (χ4n) is 1.72. The van der Waals surface area contributed by atoms with Crippen LogP contribution in [0.15, 0.2) is 18.2 Å². The van der Waals surface area contributed by atoms with Gasteiger partial charge < -0.3 is 15.2 Å². The van der Waals surface area contributed by atoms with Crippen molar-refractivity contribution < 1.29 is 23.8 Å². The average molecular weight is 283 g/mol. The maximum Gasteiger partial charge on any atom is 0.326 e. The van der Waals surface area contributed by atoms with Crippen molar-refractivity contribution in [3.05, 3.63) is 29.6 Å². The van der Waals surface area contributed by atoms with Crippen LogP contribution in [0.4, 0.5) is 4.39 Å². The summed E-state index contributed by atoms with van der Waals surface area (Å²) < 4.78 is 18.3. The summed E-state index contributed by atoms with van der Waals surface area (Å²) >= 11 is 0. The normalized spacial score (nSPS) is 13.4. The van der Waals surface area contributed by atoms with Crippen molar-refractivity contribution in [2.24, 2.45) is 5.92 Å². The average Bonchev–Trinajstić information content (AvgIpc) is 2.43. The van der Waals surface area contributed by atoms with Gasteiger partial charge >= 0.3 is 5.97 Å². The Labute approximate surface area is 116 Å². The number of benzene rings is 1. The van der Waals surface area contributed by atoms with E-state index in [1.807, 2.05) is 6.92 Å². The van der Waals surface area contributed by atoms with E-state index in [2.05, 4.69) is 5.32 Å². The molecule has 1 aromatic rings. The molecule has 0 aromatic heterocycles. The number of aliphatic carboxylic acids is 1. The first-order valence-corrected chi connectivity index (χ1v) is 6.27. The van der Waals surface area contributed by atoms with Crippen molar-refractivity contribution in [2.75, 3.05) is 7.11 Å². The molecule has 110 valence electrons. The van der Waals surface area contributed by atoms with Crippen molar-refractivity contribution in [1.82, 2.24) is 5.32 Å². The monoisotopic (exact) mass is 283 g/mol. The van der Waals surface area contributed by atoms with Gasteiger partial charge in [0.2, 0.25) is 0 Å². The fraction of sp³-hybridized carbons (Fsp3) is 0.429. The molecule has 0 aliphatic carbocycles. The highest BCUT2D eigenvalue weighted by atomic mass is 19.1. The lowest BCUT2D eigenvalue weighted by molar-refractivity contribution is -0.140. The zero-order chi connectivity index (χ0) is 15.3. The zero-order valence-electron chi connectivity index (χ0n) is 11.6. The maximum absolute atomic E-state index is 13.5. The first kappa shape index (κ1) is 15.9. The molecular formula is C14H18FNO4. The SMILES string of the molecule is CC[C@H](C)[C@H](NC(=O)c1ccc(OC)c(F)c1)C(=O)O. The first-order valence-electron chi connectivity index (χ1n) is 6.27. The van der Waals surface area contributed by atoms with Crippen LogP contribution in [0.2, 0.25) is 0 Å². The van der Waals surface area contributed by atoms with Crippen LogP contribution in [0, 0.1) is 11.7 Å². The van der Waals surface area contributed by atoms with Gasteiger partial charge in [-0.15, -0.1) is 0 Å². The Balaban J connectivity index is 2.89. The summed E-state index contributed by atoms with van der Waals surface area (Å²) in [7, 11) is 1.32. The van der Waals surface area contributed by atoms with E-state index in [1.165, 1.54) is 19.2 Å². The molecule has 1 rings (SSSR count). The van der Waals surface area contributed by atoms with Gasteiger partial charge in [0.15, 0.2) is 11.6 Å². The third kappa shape index (κ3) is 3.69. The maximum atomic E-state index is 13.5. The molecule has 1 amide bonds. The van der Waals surface area contributed by atoms with Crippen molar-refractivity contribution in [3.63, 3.8) is 0 Å². The van der Waals surface area contributed by atoms with Crippen LogP contribution in [0.3, 0.4) is 0 Å². The van der Waals surface area contributed by atoms with E-state index in [-0.39, 0.29) is 17.2 Å². The van der Waals surface area contributed by atoms with Crippen molar-refractivity contribution in [1.29, 1.82) is 0 Å². The summed E-state index contributed by atoms with van der Waals surface area (Å²) in [5.74, 6) is -2.60. The third-order valence-electron chi connectivity index (χ3n) is 3.18. The first-order chi connectivity index (χ1) is 9.40. The molecule has 0 aliphatic rings. The number of nitrogens with one attached hydrogen (secondary N) is 1. The van der Waals surface area contributed by atoms with Gasteiger partial charge in [-0.3, -0.25) is 4.79 Å². The van der Waals surface area contributed by atoms with E-state index in [1.54, 1.807) is 6.92 Å². The van der Waals surface area contributed by atoms with Crippen molar-refractivity contribution in [2.45, 2.75) is 26.3 Å². The van der Waals surface area contributed by atoms with E-state index < -0.39 is 23.7 Å². The Morgan fingerprint density at radius 3 is 2.55 bits per heavy atom. The number of hydrogen-bond donors (Lipinski definition) is 2.